The lowest BCUT2D eigenvalue weighted by molar-refractivity contribution is 0.386. The van der Waals surface area contributed by atoms with Crippen LogP contribution in [0.4, 0.5) is 0 Å². The number of nitrogens with zero attached hydrogens (tertiary/aromatic N) is 2. The molecule has 3 nitrogen and oxygen atoms in total. The molecule has 0 aliphatic heterocycles. The fourth-order valence-corrected chi connectivity index (χ4v) is 1.13. The summed E-state index contributed by atoms with van der Waals surface area (Å²) < 4.78 is 5.02. The molecule has 72 valence electrons. The normalized spacial score (nSPS) is 11.4. The molecule has 0 saturated heterocycles. The lowest BCUT2D eigenvalue weighted by Gasteiger charge is -2.17. The van der Waals surface area contributed by atoms with Gasteiger partial charge in [-0.2, -0.15) is 0 Å². The minimum absolute atomic E-state index is 0.249. The maximum atomic E-state index is 5.02. The Balaban J connectivity index is 2.78. The molecule has 0 fully saturated rings. The van der Waals surface area contributed by atoms with Crippen LogP contribution in [0.25, 0.3) is 0 Å². The minimum Gasteiger partial charge on any atom is -0.481 e. The predicted octanol–water partition coefficient (Wildman–Crippen LogP) is 2.07. The molecule has 1 aromatic rings. The van der Waals surface area contributed by atoms with Crippen molar-refractivity contribution in [2.24, 2.45) is 5.41 Å². The van der Waals surface area contributed by atoms with Gasteiger partial charge in [-0.25, -0.2) is 9.97 Å². The SMILES string of the molecule is COc1cc(CC(C)(C)C)ncn1. The highest BCUT2D eigenvalue weighted by Crippen LogP contribution is 2.20. The van der Waals surface area contributed by atoms with Gasteiger partial charge in [-0.3, -0.25) is 0 Å². The molecule has 3 heteroatoms. The van der Waals surface area contributed by atoms with Crippen LogP contribution in [0.15, 0.2) is 12.4 Å². The molecular weight excluding hydrogens is 164 g/mol. The molecule has 0 N–H and O–H groups in total. The summed E-state index contributed by atoms with van der Waals surface area (Å²) >= 11 is 0. The lowest BCUT2D eigenvalue weighted by atomic mass is 9.90. The zero-order valence-electron chi connectivity index (χ0n) is 8.66. The number of aromatic nitrogens is 2. The molecule has 0 unspecified atom stereocenters. The van der Waals surface area contributed by atoms with E-state index in [9.17, 15) is 0 Å². The molecule has 0 aliphatic carbocycles. The summed E-state index contributed by atoms with van der Waals surface area (Å²) in [6.45, 7) is 6.55. The highest BCUT2D eigenvalue weighted by atomic mass is 16.5. The van der Waals surface area contributed by atoms with Crippen LogP contribution in [0, 0.1) is 5.41 Å². The van der Waals surface area contributed by atoms with Gasteiger partial charge in [-0.05, 0) is 11.8 Å². The van der Waals surface area contributed by atoms with Gasteiger partial charge < -0.3 is 4.74 Å². The minimum atomic E-state index is 0.249. The first-order valence-corrected chi connectivity index (χ1v) is 4.36. The van der Waals surface area contributed by atoms with Crippen LogP contribution in [0.2, 0.25) is 0 Å². The van der Waals surface area contributed by atoms with Crippen LogP contribution in [0.1, 0.15) is 26.5 Å². The number of hydrogen-bond donors (Lipinski definition) is 0. The first-order chi connectivity index (χ1) is 6.01. The third-order valence-corrected chi connectivity index (χ3v) is 1.62. The Hall–Kier alpha value is -1.12. The average molecular weight is 180 g/mol. The molecule has 1 heterocycles. The highest BCUT2D eigenvalue weighted by Gasteiger charge is 2.12. The van der Waals surface area contributed by atoms with Gasteiger partial charge in [0.1, 0.15) is 6.33 Å². The van der Waals surface area contributed by atoms with Gasteiger partial charge in [0, 0.05) is 11.8 Å². The molecule has 0 bridgehead atoms. The third kappa shape index (κ3) is 3.40. The Kier molecular flexibility index (Phi) is 2.86. The van der Waals surface area contributed by atoms with Crippen molar-refractivity contribution in [1.29, 1.82) is 0 Å². The van der Waals surface area contributed by atoms with E-state index in [0.717, 1.165) is 12.1 Å². The smallest absolute Gasteiger partial charge is 0.216 e. The number of hydrogen-bond acceptors (Lipinski definition) is 3. The molecule has 0 aromatic carbocycles. The maximum absolute atomic E-state index is 5.02. The van der Waals surface area contributed by atoms with Gasteiger partial charge in [0.15, 0.2) is 0 Å². The molecule has 0 saturated carbocycles. The largest absolute Gasteiger partial charge is 0.481 e. The third-order valence-electron chi connectivity index (χ3n) is 1.62. The van der Waals surface area contributed by atoms with E-state index in [4.69, 9.17) is 4.74 Å². The summed E-state index contributed by atoms with van der Waals surface area (Å²) in [4.78, 5) is 8.14. The quantitative estimate of drug-likeness (QED) is 0.699. The standard InChI is InChI=1S/C10H16N2O/c1-10(2,3)6-8-5-9(13-4)12-7-11-8/h5,7H,6H2,1-4H3. The van der Waals surface area contributed by atoms with Crippen LogP contribution < -0.4 is 4.74 Å². The monoisotopic (exact) mass is 180 g/mol. The van der Waals surface area contributed by atoms with Crippen molar-refractivity contribution in [2.45, 2.75) is 27.2 Å². The summed E-state index contributed by atoms with van der Waals surface area (Å²) in [7, 11) is 1.61. The van der Waals surface area contributed by atoms with E-state index >= 15 is 0 Å². The van der Waals surface area contributed by atoms with Crippen LogP contribution >= 0.6 is 0 Å². The molecule has 13 heavy (non-hydrogen) atoms. The summed E-state index contributed by atoms with van der Waals surface area (Å²) in [5.74, 6) is 0.634. The molecule has 0 radical (unpaired) electrons. The number of ether oxygens (including phenoxy) is 1. The Morgan fingerprint density at radius 3 is 2.54 bits per heavy atom. The first-order valence-electron chi connectivity index (χ1n) is 4.36. The van der Waals surface area contributed by atoms with E-state index in [1.54, 1.807) is 13.4 Å². The summed E-state index contributed by atoms with van der Waals surface area (Å²) in [5, 5.41) is 0. The second-order valence-corrected chi connectivity index (χ2v) is 4.29. The van der Waals surface area contributed by atoms with Gasteiger partial charge in [-0.15, -0.1) is 0 Å². The van der Waals surface area contributed by atoms with E-state index in [-0.39, 0.29) is 5.41 Å². The maximum Gasteiger partial charge on any atom is 0.216 e. The van der Waals surface area contributed by atoms with E-state index in [0.29, 0.717) is 5.88 Å². The van der Waals surface area contributed by atoms with Gasteiger partial charge in [0.2, 0.25) is 5.88 Å². The van der Waals surface area contributed by atoms with Crippen LogP contribution in [0.3, 0.4) is 0 Å². The van der Waals surface area contributed by atoms with Crippen LogP contribution in [0.5, 0.6) is 5.88 Å². The van der Waals surface area contributed by atoms with Gasteiger partial charge in [-0.1, -0.05) is 20.8 Å². The lowest BCUT2D eigenvalue weighted by Crippen LogP contribution is -2.10. The van der Waals surface area contributed by atoms with Crippen molar-refractivity contribution in [2.75, 3.05) is 7.11 Å². The molecule has 0 amide bonds. The molecular formula is C10H16N2O. The zero-order chi connectivity index (χ0) is 9.90. The molecule has 1 aromatic heterocycles. The molecule has 1 rings (SSSR count). The van der Waals surface area contributed by atoms with E-state index in [1.807, 2.05) is 6.07 Å². The highest BCUT2D eigenvalue weighted by molar-refractivity contribution is 5.14. The van der Waals surface area contributed by atoms with Gasteiger partial charge in [0.05, 0.1) is 7.11 Å². The summed E-state index contributed by atoms with van der Waals surface area (Å²) in [6, 6.07) is 1.88. The first kappa shape index (κ1) is 9.96. The Morgan fingerprint density at radius 1 is 1.31 bits per heavy atom. The van der Waals surface area contributed by atoms with Crippen LogP contribution in [-0.4, -0.2) is 17.1 Å². The van der Waals surface area contributed by atoms with Crippen LogP contribution in [-0.2, 0) is 6.42 Å². The average Bonchev–Trinajstić information content (AvgIpc) is 2.01. The second kappa shape index (κ2) is 3.73. The Morgan fingerprint density at radius 2 is 2.00 bits per heavy atom. The van der Waals surface area contributed by atoms with E-state index < -0.39 is 0 Å². The van der Waals surface area contributed by atoms with Crippen molar-refractivity contribution >= 4 is 0 Å². The van der Waals surface area contributed by atoms with Crippen molar-refractivity contribution in [1.82, 2.24) is 9.97 Å². The molecule has 0 atom stereocenters. The number of methoxy groups -OCH3 is 1. The summed E-state index contributed by atoms with van der Waals surface area (Å²) in [6.07, 6.45) is 2.48. The van der Waals surface area contributed by atoms with E-state index in [1.165, 1.54) is 0 Å². The predicted molar refractivity (Wildman–Crippen MR) is 51.7 cm³/mol. The summed E-state index contributed by atoms with van der Waals surface area (Å²) in [5.41, 5.74) is 1.28. The molecule has 0 spiro atoms. The number of rotatable bonds is 2. The zero-order valence-corrected chi connectivity index (χ0v) is 8.66. The Labute approximate surface area is 79.2 Å². The van der Waals surface area contributed by atoms with Gasteiger partial charge >= 0.3 is 0 Å². The fraction of sp³-hybridized carbons (Fsp3) is 0.600. The van der Waals surface area contributed by atoms with Crippen molar-refractivity contribution in [3.63, 3.8) is 0 Å². The second-order valence-electron chi connectivity index (χ2n) is 4.29. The van der Waals surface area contributed by atoms with Crippen molar-refractivity contribution in [3.8, 4) is 5.88 Å². The van der Waals surface area contributed by atoms with Crippen molar-refractivity contribution < 1.29 is 4.74 Å². The van der Waals surface area contributed by atoms with E-state index in [2.05, 4.69) is 30.7 Å². The molecule has 0 aliphatic rings. The Bertz CT molecular complexity index is 278. The van der Waals surface area contributed by atoms with Gasteiger partial charge in [0.25, 0.3) is 0 Å². The topological polar surface area (TPSA) is 35.0 Å². The fourth-order valence-electron chi connectivity index (χ4n) is 1.13. The van der Waals surface area contributed by atoms with Crippen molar-refractivity contribution in [3.05, 3.63) is 18.1 Å².